The Labute approximate surface area is 196 Å². The summed E-state index contributed by atoms with van der Waals surface area (Å²) in [4.78, 5) is 29.3. The van der Waals surface area contributed by atoms with E-state index in [1.54, 1.807) is 13.2 Å². The molecule has 1 aliphatic carbocycles. The van der Waals surface area contributed by atoms with Crippen molar-refractivity contribution in [3.05, 3.63) is 53.4 Å². The van der Waals surface area contributed by atoms with Crippen LogP contribution in [0.15, 0.2) is 36.5 Å². The van der Waals surface area contributed by atoms with Gasteiger partial charge in [-0.3, -0.25) is 9.69 Å². The Kier molecular flexibility index (Phi) is 6.58. The number of carbonyl (C=O) groups excluding carboxylic acids is 1. The number of hydrogen-bond donors (Lipinski definition) is 0. The summed E-state index contributed by atoms with van der Waals surface area (Å²) in [5.74, 6) is 1.63. The van der Waals surface area contributed by atoms with Crippen LogP contribution in [-0.2, 0) is 17.6 Å². The third-order valence-corrected chi connectivity index (χ3v) is 7.26. The van der Waals surface area contributed by atoms with Crippen molar-refractivity contribution in [3.8, 4) is 5.75 Å². The maximum atomic E-state index is 12.9. The zero-order valence-corrected chi connectivity index (χ0v) is 19.4. The SMILES string of the molecule is COc1ccccc1C=CC(=O)N1CCc2cnc(N3CCN(C4CCC4)CC3)nc2CC1. The monoisotopic (exact) mass is 447 g/mol. The lowest BCUT2D eigenvalue weighted by molar-refractivity contribution is -0.125. The first kappa shape index (κ1) is 21.9. The second-order valence-corrected chi connectivity index (χ2v) is 9.15. The van der Waals surface area contributed by atoms with Gasteiger partial charge < -0.3 is 14.5 Å². The van der Waals surface area contributed by atoms with Crippen LogP contribution in [0.2, 0.25) is 0 Å². The van der Waals surface area contributed by atoms with E-state index in [9.17, 15) is 4.79 Å². The van der Waals surface area contributed by atoms with Crippen LogP contribution in [0.5, 0.6) is 5.75 Å². The number of piperazine rings is 1. The third kappa shape index (κ3) is 4.88. The predicted molar refractivity (Wildman–Crippen MR) is 129 cm³/mol. The highest BCUT2D eigenvalue weighted by molar-refractivity contribution is 5.92. The van der Waals surface area contributed by atoms with E-state index < -0.39 is 0 Å². The number of methoxy groups -OCH3 is 1. The maximum Gasteiger partial charge on any atom is 0.246 e. The Bertz CT molecular complexity index is 1010. The highest BCUT2D eigenvalue weighted by atomic mass is 16.5. The minimum absolute atomic E-state index is 0.0222. The number of aromatic nitrogens is 2. The van der Waals surface area contributed by atoms with Gasteiger partial charge in [0.05, 0.1) is 12.8 Å². The Morgan fingerprint density at radius 2 is 1.85 bits per heavy atom. The summed E-state index contributed by atoms with van der Waals surface area (Å²) >= 11 is 0. The first-order chi connectivity index (χ1) is 16.2. The molecule has 33 heavy (non-hydrogen) atoms. The van der Waals surface area contributed by atoms with Gasteiger partial charge in [-0.15, -0.1) is 0 Å². The minimum atomic E-state index is 0.0222. The molecule has 0 bridgehead atoms. The van der Waals surface area contributed by atoms with Crippen molar-refractivity contribution in [1.82, 2.24) is 19.8 Å². The van der Waals surface area contributed by atoms with E-state index in [4.69, 9.17) is 14.7 Å². The molecule has 1 aromatic carbocycles. The molecule has 1 aromatic heterocycles. The molecule has 0 atom stereocenters. The zero-order valence-electron chi connectivity index (χ0n) is 19.4. The first-order valence-electron chi connectivity index (χ1n) is 12.1. The highest BCUT2D eigenvalue weighted by Crippen LogP contribution is 2.26. The van der Waals surface area contributed by atoms with Crippen LogP contribution in [0.4, 0.5) is 5.95 Å². The number of nitrogens with zero attached hydrogens (tertiary/aromatic N) is 5. The van der Waals surface area contributed by atoms with E-state index in [1.165, 1.54) is 19.3 Å². The Morgan fingerprint density at radius 3 is 2.61 bits per heavy atom. The number of hydrogen-bond acceptors (Lipinski definition) is 6. The van der Waals surface area contributed by atoms with Gasteiger partial charge >= 0.3 is 0 Å². The van der Waals surface area contributed by atoms with Crippen LogP contribution < -0.4 is 9.64 Å². The second kappa shape index (κ2) is 9.91. The van der Waals surface area contributed by atoms with Crippen molar-refractivity contribution in [2.24, 2.45) is 0 Å². The minimum Gasteiger partial charge on any atom is -0.496 e. The van der Waals surface area contributed by atoms with E-state index in [0.29, 0.717) is 13.1 Å². The summed E-state index contributed by atoms with van der Waals surface area (Å²) in [7, 11) is 1.64. The topological polar surface area (TPSA) is 61.8 Å². The second-order valence-electron chi connectivity index (χ2n) is 9.15. The normalized spacial score (nSPS) is 19.8. The number of ether oxygens (including phenoxy) is 1. The molecule has 0 N–H and O–H groups in total. The molecule has 7 heteroatoms. The van der Waals surface area contributed by atoms with Gasteiger partial charge in [0.1, 0.15) is 5.75 Å². The summed E-state index contributed by atoms with van der Waals surface area (Å²) < 4.78 is 5.37. The Hall–Kier alpha value is -2.93. The molecular weight excluding hydrogens is 414 g/mol. The number of fused-ring (bicyclic) bond motifs is 1. The van der Waals surface area contributed by atoms with Gasteiger partial charge in [0.25, 0.3) is 0 Å². The van der Waals surface area contributed by atoms with E-state index >= 15 is 0 Å². The van der Waals surface area contributed by atoms with Gasteiger partial charge in [0, 0.05) is 69.6 Å². The number of anilines is 1. The van der Waals surface area contributed by atoms with Crippen molar-refractivity contribution in [3.63, 3.8) is 0 Å². The van der Waals surface area contributed by atoms with Gasteiger partial charge in [-0.1, -0.05) is 24.6 Å². The molecular formula is C26H33N5O2. The lowest BCUT2D eigenvalue weighted by Crippen LogP contribution is -2.52. The smallest absolute Gasteiger partial charge is 0.246 e. The molecule has 2 fully saturated rings. The third-order valence-electron chi connectivity index (χ3n) is 7.26. The van der Waals surface area contributed by atoms with Gasteiger partial charge in [0.15, 0.2) is 0 Å². The van der Waals surface area contributed by atoms with Crippen LogP contribution in [0.25, 0.3) is 6.08 Å². The van der Waals surface area contributed by atoms with Crippen molar-refractivity contribution in [1.29, 1.82) is 0 Å². The maximum absolute atomic E-state index is 12.9. The van der Waals surface area contributed by atoms with E-state index in [-0.39, 0.29) is 5.91 Å². The van der Waals surface area contributed by atoms with Crippen LogP contribution in [0.3, 0.4) is 0 Å². The summed E-state index contributed by atoms with van der Waals surface area (Å²) in [5, 5.41) is 0. The molecule has 0 radical (unpaired) electrons. The predicted octanol–water partition coefficient (Wildman–Crippen LogP) is 2.80. The molecule has 3 aliphatic rings. The van der Waals surface area contributed by atoms with Gasteiger partial charge in [-0.05, 0) is 37.0 Å². The van der Waals surface area contributed by atoms with Crippen molar-refractivity contribution < 1.29 is 9.53 Å². The number of para-hydroxylation sites is 1. The van der Waals surface area contributed by atoms with Crippen LogP contribution in [0.1, 0.15) is 36.1 Å². The average Bonchev–Trinajstić information content (AvgIpc) is 3.04. The zero-order chi connectivity index (χ0) is 22.6. The molecule has 1 saturated carbocycles. The lowest BCUT2D eigenvalue weighted by atomic mass is 9.91. The number of carbonyl (C=O) groups is 1. The molecule has 0 unspecified atom stereocenters. The van der Waals surface area contributed by atoms with Crippen LogP contribution in [-0.4, -0.2) is 78.1 Å². The molecule has 7 nitrogen and oxygen atoms in total. The number of rotatable bonds is 5. The summed E-state index contributed by atoms with van der Waals surface area (Å²) in [6, 6.07) is 8.52. The molecule has 1 amide bonds. The summed E-state index contributed by atoms with van der Waals surface area (Å²) in [5.41, 5.74) is 3.15. The van der Waals surface area contributed by atoms with Gasteiger partial charge in [-0.2, -0.15) is 0 Å². The van der Waals surface area contributed by atoms with Gasteiger partial charge in [-0.25, -0.2) is 9.97 Å². The summed E-state index contributed by atoms with van der Waals surface area (Å²) in [6.07, 6.45) is 11.1. The summed E-state index contributed by atoms with van der Waals surface area (Å²) in [6.45, 7) is 5.55. The fourth-order valence-electron chi connectivity index (χ4n) is 4.95. The van der Waals surface area contributed by atoms with Crippen LogP contribution in [0, 0.1) is 0 Å². The number of amides is 1. The highest BCUT2D eigenvalue weighted by Gasteiger charge is 2.29. The van der Waals surface area contributed by atoms with Crippen molar-refractivity contribution in [2.75, 3.05) is 51.3 Å². The number of benzene rings is 1. The quantitative estimate of drug-likeness (QED) is 0.657. The van der Waals surface area contributed by atoms with Crippen LogP contribution >= 0.6 is 0 Å². The largest absolute Gasteiger partial charge is 0.496 e. The average molecular weight is 448 g/mol. The molecule has 1 saturated heterocycles. The van der Waals surface area contributed by atoms with E-state index in [0.717, 1.165) is 73.6 Å². The molecule has 0 spiro atoms. The van der Waals surface area contributed by atoms with Crippen molar-refractivity contribution in [2.45, 2.75) is 38.1 Å². The fourth-order valence-corrected chi connectivity index (χ4v) is 4.95. The fraction of sp³-hybridized carbons (Fsp3) is 0.500. The molecule has 2 aliphatic heterocycles. The standard InChI is InChI=1S/C26H33N5O2/c1-33-24-8-3-2-5-20(24)9-10-25(32)30-13-11-21-19-27-26(28-23(21)12-14-30)31-17-15-29(16-18-31)22-6-4-7-22/h2-3,5,8-10,19,22H,4,6-7,11-18H2,1H3. The first-order valence-corrected chi connectivity index (χ1v) is 12.1. The lowest BCUT2D eigenvalue weighted by Gasteiger charge is -2.43. The Balaban J connectivity index is 1.20. The Morgan fingerprint density at radius 1 is 1.06 bits per heavy atom. The van der Waals surface area contributed by atoms with E-state index in [1.807, 2.05) is 41.4 Å². The van der Waals surface area contributed by atoms with Crippen molar-refractivity contribution >= 4 is 17.9 Å². The molecule has 174 valence electrons. The van der Waals surface area contributed by atoms with E-state index in [2.05, 4.69) is 9.80 Å². The molecule has 2 aromatic rings. The molecule has 3 heterocycles. The van der Waals surface area contributed by atoms with Gasteiger partial charge in [0.2, 0.25) is 11.9 Å². The molecule has 5 rings (SSSR count).